The van der Waals surface area contributed by atoms with Crippen LogP contribution in [0.1, 0.15) is 5.56 Å². The van der Waals surface area contributed by atoms with Gasteiger partial charge in [0.05, 0.1) is 39.8 Å². The minimum absolute atomic E-state index is 0.402. The number of benzene rings is 1. The molecule has 2 aromatic heterocycles. The molecule has 27 heavy (non-hydrogen) atoms. The van der Waals surface area contributed by atoms with Crippen LogP contribution in [0.4, 0.5) is 5.95 Å². The fourth-order valence-electron chi connectivity index (χ4n) is 3.48. The van der Waals surface area contributed by atoms with Gasteiger partial charge in [0.1, 0.15) is 0 Å². The third-order valence-corrected chi connectivity index (χ3v) is 5.39. The summed E-state index contributed by atoms with van der Waals surface area (Å²) in [6, 6.07) is 7.52. The molecule has 0 amide bonds. The number of H-pyrrole nitrogens is 1. The van der Waals surface area contributed by atoms with Crippen molar-refractivity contribution in [2.75, 3.05) is 38.1 Å². The van der Waals surface area contributed by atoms with E-state index in [-0.39, 0.29) is 0 Å². The zero-order valence-corrected chi connectivity index (χ0v) is 16.1. The minimum atomic E-state index is -0.460. The maximum absolute atomic E-state index is 12.6. The van der Waals surface area contributed by atoms with E-state index >= 15 is 0 Å². The van der Waals surface area contributed by atoms with Crippen LogP contribution in [-0.4, -0.2) is 52.3 Å². The largest absolute Gasteiger partial charge is 0.334 e. The van der Waals surface area contributed by atoms with Gasteiger partial charge < -0.3 is 9.80 Å². The van der Waals surface area contributed by atoms with Crippen molar-refractivity contribution in [2.45, 2.75) is 6.54 Å². The number of quaternary nitrogens is 1. The van der Waals surface area contributed by atoms with Gasteiger partial charge in [0.15, 0.2) is 11.2 Å². The molecular formula is C18H22ClN6O2+. The molecule has 0 unspecified atom stereocenters. The van der Waals surface area contributed by atoms with E-state index in [9.17, 15) is 9.59 Å². The molecule has 1 aliphatic rings. The summed E-state index contributed by atoms with van der Waals surface area (Å²) in [5.74, 6) is 0.721. The number of aryl methyl sites for hydroxylation is 1. The average Bonchev–Trinajstić information content (AvgIpc) is 3.02. The molecule has 142 valence electrons. The number of nitrogens with one attached hydrogen (secondary N) is 2. The van der Waals surface area contributed by atoms with E-state index in [1.807, 2.05) is 28.8 Å². The summed E-state index contributed by atoms with van der Waals surface area (Å²) in [7, 11) is 3.79. The molecule has 2 N–H and O–H groups in total. The van der Waals surface area contributed by atoms with Crippen LogP contribution in [0.2, 0.25) is 5.02 Å². The summed E-state index contributed by atoms with van der Waals surface area (Å²) >= 11 is 6.00. The first kappa shape index (κ1) is 17.8. The Bertz CT molecular complexity index is 1090. The highest BCUT2D eigenvalue weighted by Gasteiger charge is 2.25. The van der Waals surface area contributed by atoms with E-state index in [1.165, 1.54) is 9.47 Å². The third kappa shape index (κ3) is 3.26. The van der Waals surface area contributed by atoms with Crippen molar-refractivity contribution >= 4 is 28.7 Å². The van der Waals surface area contributed by atoms with Crippen molar-refractivity contribution in [2.24, 2.45) is 7.05 Å². The number of halogens is 1. The molecule has 1 fully saturated rings. The molecule has 1 saturated heterocycles. The fourth-order valence-corrected chi connectivity index (χ4v) is 3.60. The zero-order chi connectivity index (χ0) is 19.1. The minimum Gasteiger partial charge on any atom is -0.334 e. The van der Waals surface area contributed by atoms with E-state index in [0.717, 1.165) is 37.7 Å². The number of hydrogen-bond donors (Lipinski definition) is 2. The average molecular weight is 390 g/mol. The molecule has 0 aliphatic carbocycles. The number of imidazole rings is 1. The van der Waals surface area contributed by atoms with Gasteiger partial charge in [-0.25, -0.2) is 4.79 Å². The van der Waals surface area contributed by atoms with E-state index in [0.29, 0.717) is 22.7 Å². The van der Waals surface area contributed by atoms with Crippen LogP contribution in [0.5, 0.6) is 0 Å². The first-order valence-electron chi connectivity index (χ1n) is 8.94. The van der Waals surface area contributed by atoms with Crippen LogP contribution in [0.3, 0.4) is 0 Å². The molecule has 9 heteroatoms. The maximum atomic E-state index is 12.6. The molecule has 1 aromatic carbocycles. The first-order valence-corrected chi connectivity index (χ1v) is 9.32. The Labute approximate surface area is 160 Å². The summed E-state index contributed by atoms with van der Waals surface area (Å²) in [6.07, 6.45) is 0. The predicted molar refractivity (Wildman–Crippen MR) is 105 cm³/mol. The Morgan fingerprint density at radius 1 is 1.19 bits per heavy atom. The number of aromatic amines is 1. The lowest BCUT2D eigenvalue weighted by Gasteiger charge is -2.31. The van der Waals surface area contributed by atoms with Gasteiger partial charge in [-0.05, 0) is 17.7 Å². The normalized spacial score (nSPS) is 15.6. The van der Waals surface area contributed by atoms with E-state index in [2.05, 4.69) is 16.9 Å². The van der Waals surface area contributed by atoms with Gasteiger partial charge in [-0.3, -0.25) is 18.9 Å². The second-order valence-corrected chi connectivity index (χ2v) is 7.50. The second kappa shape index (κ2) is 6.86. The van der Waals surface area contributed by atoms with Gasteiger partial charge in [0.25, 0.3) is 5.56 Å². The Morgan fingerprint density at radius 2 is 1.85 bits per heavy atom. The Balaban J connectivity index is 1.88. The van der Waals surface area contributed by atoms with E-state index in [1.54, 1.807) is 7.05 Å². The predicted octanol–water partition coefficient (Wildman–Crippen LogP) is -0.540. The summed E-state index contributed by atoms with van der Waals surface area (Å²) < 4.78 is 3.29. The fraction of sp³-hybridized carbons (Fsp3) is 0.389. The Hall–Kier alpha value is -2.58. The van der Waals surface area contributed by atoms with Gasteiger partial charge in [-0.2, -0.15) is 4.98 Å². The highest BCUT2D eigenvalue weighted by atomic mass is 35.5. The molecule has 3 aromatic rings. The summed E-state index contributed by atoms with van der Waals surface area (Å²) in [4.78, 5) is 35.3. The second-order valence-electron chi connectivity index (χ2n) is 7.06. The number of aromatic nitrogens is 4. The molecule has 4 rings (SSSR count). The van der Waals surface area contributed by atoms with Crippen LogP contribution < -0.4 is 21.0 Å². The molecule has 0 saturated carbocycles. The number of piperazine rings is 1. The zero-order valence-electron chi connectivity index (χ0n) is 15.3. The Kier molecular flexibility index (Phi) is 4.53. The highest BCUT2D eigenvalue weighted by molar-refractivity contribution is 6.30. The van der Waals surface area contributed by atoms with Crippen LogP contribution in [-0.2, 0) is 13.6 Å². The summed E-state index contributed by atoms with van der Waals surface area (Å²) in [5.41, 5.74) is 0.943. The van der Waals surface area contributed by atoms with Crippen molar-refractivity contribution in [1.82, 2.24) is 19.1 Å². The maximum Gasteiger partial charge on any atom is 0.329 e. The molecule has 0 spiro atoms. The number of hydrogen-bond acceptors (Lipinski definition) is 4. The van der Waals surface area contributed by atoms with Crippen LogP contribution in [0.25, 0.3) is 11.2 Å². The van der Waals surface area contributed by atoms with Gasteiger partial charge in [-0.15, -0.1) is 0 Å². The smallest absolute Gasteiger partial charge is 0.329 e. The van der Waals surface area contributed by atoms with Crippen molar-refractivity contribution in [1.29, 1.82) is 0 Å². The standard InChI is InChI=1S/C18H21ClN6O2/c1-22-7-9-24(10-8-22)17-20-15-14(16(26)21-18(27)23(15)2)25(17)11-12-3-5-13(19)6-4-12/h3-6H,7-11H2,1-2H3,(H,21,26,27)/p+1. The number of fused-ring (bicyclic) bond motifs is 1. The van der Waals surface area contributed by atoms with Crippen molar-refractivity contribution in [3.63, 3.8) is 0 Å². The lowest BCUT2D eigenvalue weighted by molar-refractivity contribution is -0.880. The van der Waals surface area contributed by atoms with Crippen molar-refractivity contribution in [3.05, 3.63) is 55.7 Å². The van der Waals surface area contributed by atoms with Gasteiger partial charge in [0.2, 0.25) is 5.95 Å². The number of likely N-dealkylation sites (N-methyl/N-ethyl adjacent to an activating group) is 1. The van der Waals surface area contributed by atoms with Gasteiger partial charge in [0, 0.05) is 12.1 Å². The molecule has 1 aliphatic heterocycles. The van der Waals surface area contributed by atoms with Crippen molar-refractivity contribution < 1.29 is 4.90 Å². The van der Waals surface area contributed by atoms with Crippen molar-refractivity contribution in [3.8, 4) is 0 Å². The van der Waals surface area contributed by atoms with E-state index < -0.39 is 11.2 Å². The molecule has 3 heterocycles. The third-order valence-electron chi connectivity index (χ3n) is 5.14. The quantitative estimate of drug-likeness (QED) is 0.630. The van der Waals surface area contributed by atoms with Crippen LogP contribution >= 0.6 is 11.6 Å². The SMILES string of the molecule is Cn1c(=O)[nH]c(=O)c2c1nc(N1CC[NH+](C)CC1)n2Cc1ccc(Cl)cc1. The molecular weight excluding hydrogens is 368 g/mol. The lowest BCUT2D eigenvalue weighted by atomic mass is 10.2. The summed E-state index contributed by atoms with van der Waals surface area (Å²) in [5, 5.41) is 0.664. The first-order chi connectivity index (χ1) is 12.9. The van der Waals surface area contributed by atoms with Gasteiger partial charge >= 0.3 is 5.69 Å². The molecule has 0 radical (unpaired) electrons. The monoisotopic (exact) mass is 389 g/mol. The molecule has 0 bridgehead atoms. The lowest BCUT2D eigenvalue weighted by Crippen LogP contribution is -3.12. The topological polar surface area (TPSA) is 80.4 Å². The van der Waals surface area contributed by atoms with Crippen LogP contribution in [0, 0.1) is 0 Å². The number of anilines is 1. The number of rotatable bonds is 3. The van der Waals surface area contributed by atoms with E-state index in [4.69, 9.17) is 16.6 Å². The molecule has 8 nitrogen and oxygen atoms in total. The Morgan fingerprint density at radius 3 is 2.52 bits per heavy atom. The van der Waals surface area contributed by atoms with Crippen LogP contribution in [0.15, 0.2) is 33.9 Å². The van der Waals surface area contributed by atoms with Gasteiger partial charge in [-0.1, -0.05) is 23.7 Å². The number of nitrogens with zero attached hydrogens (tertiary/aromatic N) is 4. The highest BCUT2D eigenvalue weighted by Crippen LogP contribution is 2.22. The summed E-state index contributed by atoms with van der Waals surface area (Å²) in [6.45, 7) is 4.17. The molecule has 0 atom stereocenters.